The molecule has 2 N–H and O–H groups in total. The maximum Gasteiger partial charge on any atom is 0.338 e. The number of methoxy groups -OCH3 is 1. The van der Waals surface area contributed by atoms with E-state index in [2.05, 4.69) is 10.9 Å². The normalized spacial score (nSPS) is 10.0. The molecule has 0 heterocycles. The SMILES string of the molecule is CCOC(=O)c1cc(C(=O)NNC(=O)c2cc(Cl)ccc2OC)cc([N+](=O)[O-])c1. The van der Waals surface area contributed by atoms with Gasteiger partial charge in [0.2, 0.25) is 0 Å². The Morgan fingerprint density at radius 3 is 2.34 bits per heavy atom. The molecule has 0 bridgehead atoms. The zero-order valence-electron chi connectivity index (χ0n) is 15.4. The third kappa shape index (κ3) is 5.42. The number of halogens is 1. The maximum absolute atomic E-state index is 12.4. The topological polar surface area (TPSA) is 137 Å². The van der Waals surface area contributed by atoms with Gasteiger partial charge in [0.05, 0.1) is 29.8 Å². The van der Waals surface area contributed by atoms with E-state index in [9.17, 15) is 24.5 Å². The third-order valence-corrected chi connectivity index (χ3v) is 3.83. The van der Waals surface area contributed by atoms with Crippen LogP contribution in [0.15, 0.2) is 36.4 Å². The Labute approximate surface area is 169 Å². The molecule has 0 aromatic heterocycles. The monoisotopic (exact) mass is 421 g/mol. The molecule has 29 heavy (non-hydrogen) atoms. The zero-order valence-corrected chi connectivity index (χ0v) is 16.1. The van der Waals surface area contributed by atoms with E-state index in [-0.39, 0.29) is 34.1 Å². The highest BCUT2D eigenvalue weighted by atomic mass is 35.5. The minimum atomic E-state index is -0.881. The van der Waals surface area contributed by atoms with Gasteiger partial charge < -0.3 is 9.47 Å². The van der Waals surface area contributed by atoms with Crippen molar-refractivity contribution in [1.29, 1.82) is 0 Å². The molecule has 0 aliphatic carbocycles. The molecule has 0 aliphatic heterocycles. The molecular formula is C18H16ClN3O7. The highest BCUT2D eigenvalue weighted by Crippen LogP contribution is 2.22. The summed E-state index contributed by atoms with van der Waals surface area (Å²) < 4.78 is 9.86. The predicted octanol–water partition coefficient (Wildman–Crippen LogP) is 2.51. The van der Waals surface area contributed by atoms with Gasteiger partial charge >= 0.3 is 5.97 Å². The van der Waals surface area contributed by atoms with Crippen molar-refractivity contribution in [2.24, 2.45) is 0 Å². The molecule has 0 radical (unpaired) electrons. The van der Waals surface area contributed by atoms with E-state index in [1.807, 2.05) is 0 Å². The maximum atomic E-state index is 12.4. The number of benzene rings is 2. The Kier molecular flexibility index (Phi) is 7.10. The lowest BCUT2D eigenvalue weighted by molar-refractivity contribution is -0.384. The number of ether oxygens (including phenoxy) is 2. The standard InChI is InChI=1S/C18H16ClN3O7/c1-3-29-18(25)11-6-10(7-13(8-11)22(26)27)16(23)20-21-17(24)14-9-12(19)4-5-15(14)28-2/h4-9H,3H2,1-2H3,(H,20,23)(H,21,24). The summed E-state index contributed by atoms with van der Waals surface area (Å²) in [6.45, 7) is 1.63. The number of non-ortho nitro benzene ring substituents is 1. The summed E-state index contributed by atoms with van der Waals surface area (Å²) in [5, 5.41) is 11.4. The van der Waals surface area contributed by atoms with Crippen molar-refractivity contribution in [2.45, 2.75) is 6.92 Å². The van der Waals surface area contributed by atoms with Gasteiger partial charge in [-0.2, -0.15) is 0 Å². The van der Waals surface area contributed by atoms with Crippen LogP contribution in [-0.4, -0.2) is 36.4 Å². The number of nitrogens with one attached hydrogen (secondary N) is 2. The summed E-state index contributed by atoms with van der Waals surface area (Å²) in [7, 11) is 1.36. The van der Waals surface area contributed by atoms with Gasteiger partial charge in [0.25, 0.3) is 17.5 Å². The van der Waals surface area contributed by atoms with E-state index in [0.717, 1.165) is 18.2 Å². The fourth-order valence-corrected chi connectivity index (χ4v) is 2.46. The number of amides is 2. The first kappa shape index (κ1) is 21.6. The first-order valence-corrected chi connectivity index (χ1v) is 8.55. The van der Waals surface area contributed by atoms with Gasteiger partial charge in [-0.15, -0.1) is 0 Å². The number of carbonyl (C=O) groups excluding carboxylic acids is 3. The van der Waals surface area contributed by atoms with Crippen LogP contribution in [0, 0.1) is 10.1 Å². The molecule has 2 amide bonds. The summed E-state index contributed by atoms with van der Waals surface area (Å²) >= 11 is 5.87. The van der Waals surface area contributed by atoms with Crippen LogP contribution in [0.25, 0.3) is 0 Å². The van der Waals surface area contributed by atoms with Gasteiger partial charge in [0.1, 0.15) is 5.75 Å². The lowest BCUT2D eigenvalue weighted by Crippen LogP contribution is -2.41. The van der Waals surface area contributed by atoms with Crippen LogP contribution >= 0.6 is 11.6 Å². The van der Waals surface area contributed by atoms with Crippen molar-refractivity contribution in [3.63, 3.8) is 0 Å². The average molecular weight is 422 g/mol. The molecule has 2 aromatic carbocycles. The Balaban J connectivity index is 2.22. The molecule has 152 valence electrons. The first-order valence-electron chi connectivity index (χ1n) is 8.17. The molecule has 0 unspecified atom stereocenters. The quantitative estimate of drug-likeness (QED) is 0.415. The Bertz CT molecular complexity index is 978. The van der Waals surface area contributed by atoms with E-state index < -0.39 is 28.4 Å². The van der Waals surface area contributed by atoms with Gasteiger partial charge in [0, 0.05) is 22.7 Å². The summed E-state index contributed by atoms with van der Waals surface area (Å²) in [6.07, 6.45) is 0. The van der Waals surface area contributed by atoms with Crippen molar-refractivity contribution in [2.75, 3.05) is 13.7 Å². The Hall–Kier alpha value is -3.66. The van der Waals surface area contributed by atoms with Gasteiger partial charge in [-0.25, -0.2) is 4.79 Å². The number of rotatable bonds is 6. The number of nitrogens with zero attached hydrogens (tertiary/aromatic N) is 1. The van der Waals surface area contributed by atoms with E-state index in [0.29, 0.717) is 0 Å². The van der Waals surface area contributed by atoms with E-state index in [1.165, 1.54) is 25.3 Å². The van der Waals surface area contributed by atoms with Gasteiger partial charge in [-0.05, 0) is 31.2 Å². The minimum absolute atomic E-state index is 0.0561. The molecule has 11 heteroatoms. The Morgan fingerprint density at radius 2 is 1.72 bits per heavy atom. The second-order valence-electron chi connectivity index (χ2n) is 5.50. The molecule has 0 atom stereocenters. The van der Waals surface area contributed by atoms with E-state index in [4.69, 9.17) is 21.1 Å². The number of esters is 1. The number of hydrogen-bond donors (Lipinski definition) is 2. The van der Waals surface area contributed by atoms with Gasteiger partial charge in [0.15, 0.2) is 0 Å². The second kappa shape index (κ2) is 9.51. The molecular weight excluding hydrogens is 406 g/mol. The van der Waals surface area contributed by atoms with E-state index >= 15 is 0 Å². The number of hydrogen-bond acceptors (Lipinski definition) is 7. The molecule has 0 spiro atoms. The number of carbonyl (C=O) groups is 3. The summed E-state index contributed by atoms with van der Waals surface area (Å²) in [6, 6.07) is 7.41. The van der Waals surface area contributed by atoms with Crippen LogP contribution in [0.2, 0.25) is 5.02 Å². The van der Waals surface area contributed by atoms with Crippen LogP contribution in [0.1, 0.15) is 38.0 Å². The minimum Gasteiger partial charge on any atom is -0.496 e. The molecule has 0 saturated carbocycles. The fourth-order valence-electron chi connectivity index (χ4n) is 2.29. The highest BCUT2D eigenvalue weighted by molar-refractivity contribution is 6.31. The third-order valence-electron chi connectivity index (χ3n) is 3.60. The summed E-state index contributed by atoms with van der Waals surface area (Å²) in [5.74, 6) is -2.21. The molecule has 0 fully saturated rings. The highest BCUT2D eigenvalue weighted by Gasteiger charge is 2.20. The Morgan fingerprint density at radius 1 is 1.07 bits per heavy atom. The van der Waals surface area contributed by atoms with Crippen molar-refractivity contribution in [1.82, 2.24) is 10.9 Å². The fraction of sp³-hybridized carbons (Fsp3) is 0.167. The largest absolute Gasteiger partial charge is 0.496 e. The number of nitro groups is 1. The number of nitro benzene ring substituents is 1. The molecule has 0 aliphatic rings. The second-order valence-corrected chi connectivity index (χ2v) is 5.94. The van der Waals surface area contributed by atoms with Crippen molar-refractivity contribution in [3.8, 4) is 5.75 Å². The van der Waals surface area contributed by atoms with Gasteiger partial charge in [-0.1, -0.05) is 11.6 Å². The van der Waals surface area contributed by atoms with Gasteiger partial charge in [-0.3, -0.25) is 30.6 Å². The average Bonchev–Trinajstić information content (AvgIpc) is 2.71. The van der Waals surface area contributed by atoms with Crippen LogP contribution in [0.4, 0.5) is 5.69 Å². The molecule has 10 nitrogen and oxygen atoms in total. The summed E-state index contributed by atoms with van der Waals surface area (Å²) in [4.78, 5) is 46.9. The zero-order chi connectivity index (χ0) is 21.6. The van der Waals surface area contributed by atoms with Crippen LogP contribution < -0.4 is 15.6 Å². The lowest BCUT2D eigenvalue weighted by atomic mass is 10.1. The number of hydrazine groups is 1. The van der Waals surface area contributed by atoms with Crippen LogP contribution in [-0.2, 0) is 4.74 Å². The molecule has 2 rings (SSSR count). The molecule has 2 aromatic rings. The first-order chi connectivity index (χ1) is 13.8. The van der Waals surface area contributed by atoms with Crippen LogP contribution in [0.3, 0.4) is 0 Å². The lowest BCUT2D eigenvalue weighted by Gasteiger charge is -2.11. The van der Waals surface area contributed by atoms with Crippen molar-refractivity contribution < 1.29 is 28.8 Å². The summed E-state index contributed by atoms with van der Waals surface area (Å²) in [5.41, 5.74) is 3.46. The smallest absolute Gasteiger partial charge is 0.338 e. The van der Waals surface area contributed by atoms with Crippen molar-refractivity contribution >= 4 is 35.1 Å². The van der Waals surface area contributed by atoms with Crippen molar-refractivity contribution in [3.05, 3.63) is 68.2 Å². The molecule has 0 saturated heterocycles. The van der Waals surface area contributed by atoms with E-state index in [1.54, 1.807) is 6.92 Å². The van der Waals surface area contributed by atoms with Crippen LogP contribution in [0.5, 0.6) is 5.75 Å². The predicted molar refractivity (Wildman–Crippen MR) is 102 cm³/mol.